The van der Waals surface area contributed by atoms with Gasteiger partial charge in [0, 0.05) is 25.6 Å². The van der Waals surface area contributed by atoms with E-state index in [4.69, 9.17) is 10.8 Å². The number of primary amides is 1. The minimum absolute atomic E-state index is 0.0107. The van der Waals surface area contributed by atoms with Crippen molar-refractivity contribution in [2.24, 2.45) is 5.73 Å². The molecule has 7 heteroatoms. The third kappa shape index (κ3) is 5.62. The van der Waals surface area contributed by atoms with E-state index in [0.717, 1.165) is 12.8 Å². The first-order valence-corrected chi connectivity index (χ1v) is 5.99. The number of carbonyl (C=O) groups is 3. The SMILES string of the molecule is NC(=O)CN1CCC(NC(=O)CCC(=O)O)CC1. The summed E-state index contributed by atoms with van der Waals surface area (Å²) in [5.41, 5.74) is 5.10. The summed E-state index contributed by atoms with van der Waals surface area (Å²) in [6, 6.07) is 0.0652. The number of nitrogens with two attached hydrogens (primary N) is 1. The maximum atomic E-state index is 11.4. The number of likely N-dealkylation sites (tertiary alicyclic amines) is 1. The molecule has 0 radical (unpaired) electrons. The lowest BCUT2D eigenvalue weighted by Gasteiger charge is -2.31. The molecule has 1 aliphatic heterocycles. The summed E-state index contributed by atoms with van der Waals surface area (Å²) < 4.78 is 0. The Kier molecular flexibility index (Phi) is 5.57. The van der Waals surface area contributed by atoms with Crippen molar-refractivity contribution in [1.82, 2.24) is 10.2 Å². The summed E-state index contributed by atoms with van der Waals surface area (Å²) in [6.07, 6.45) is 1.38. The molecule has 0 spiro atoms. The molecule has 0 aliphatic carbocycles. The van der Waals surface area contributed by atoms with E-state index in [1.54, 1.807) is 0 Å². The van der Waals surface area contributed by atoms with E-state index < -0.39 is 5.97 Å². The van der Waals surface area contributed by atoms with Gasteiger partial charge in [-0.1, -0.05) is 0 Å². The van der Waals surface area contributed by atoms with Gasteiger partial charge in [0.15, 0.2) is 0 Å². The van der Waals surface area contributed by atoms with Crippen LogP contribution in [0.5, 0.6) is 0 Å². The van der Waals surface area contributed by atoms with Gasteiger partial charge < -0.3 is 16.2 Å². The number of carboxylic acid groups (broad SMARTS) is 1. The largest absolute Gasteiger partial charge is 0.481 e. The molecule has 1 aliphatic rings. The maximum absolute atomic E-state index is 11.4. The van der Waals surface area contributed by atoms with Gasteiger partial charge >= 0.3 is 5.97 Å². The monoisotopic (exact) mass is 257 g/mol. The second-order valence-corrected chi connectivity index (χ2v) is 4.48. The molecular weight excluding hydrogens is 238 g/mol. The van der Waals surface area contributed by atoms with Crippen LogP contribution < -0.4 is 11.1 Å². The topological polar surface area (TPSA) is 113 Å². The molecule has 0 aromatic rings. The van der Waals surface area contributed by atoms with Crippen LogP contribution in [0.4, 0.5) is 0 Å². The molecule has 0 aromatic heterocycles. The van der Waals surface area contributed by atoms with Gasteiger partial charge in [0.1, 0.15) is 0 Å². The molecule has 1 saturated heterocycles. The average molecular weight is 257 g/mol. The van der Waals surface area contributed by atoms with E-state index in [-0.39, 0.29) is 37.2 Å². The normalized spacial score (nSPS) is 17.3. The minimum Gasteiger partial charge on any atom is -0.481 e. The molecule has 1 heterocycles. The summed E-state index contributed by atoms with van der Waals surface area (Å²) in [5.74, 6) is -1.55. The summed E-state index contributed by atoms with van der Waals surface area (Å²) >= 11 is 0. The Balaban J connectivity index is 2.20. The second kappa shape index (κ2) is 6.95. The van der Waals surface area contributed by atoms with Crippen molar-refractivity contribution in [3.8, 4) is 0 Å². The van der Waals surface area contributed by atoms with Gasteiger partial charge in [-0.15, -0.1) is 0 Å². The zero-order chi connectivity index (χ0) is 13.5. The van der Waals surface area contributed by atoms with Gasteiger partial charge in [0.2, 0.25) is 11.8 Å². The summed E-state index contributed by atoms with van der Waals surface area (Å²) in [6.45, 7) is 1.68. The third-order valence-corrected chi connectivity index (χ3v) is 2.90. The molecule has 0 unspecified atom stereocenters. The van der Waals surface area contributed by atoms with Crippen molar-refractivity contribution < 1.29 is 19.5 Å². The van der Waals surface area contributed by atoms with Crippen molar-refractivity contribution in [2.75, 3.05) is 19.6 Å². The zero-order valence-corrected chi connectivity index (χ0v) is 10.2. The number of carboxylic acids is 1. The Morgan fingerprint density at radius 2 is 1.83 bits per heavy atom. The highest BCUT2D eigenvalue weighted by atomic mass is 16.4. The van der Waals surface area contributed by atoms with Crippen LogP contribution in [-0.2, 0) is 14.4 Å². The van der Waals surface area contributed by atoms with Gasteiger partial charge in [0.05, 0.1) is 13.0 Å². The fourth-order valence-corrected chi connectivity index (χ4v) is 1.98. The molecule has 2 amide bonds. The highest BCUT2D eigenvalue weighted by Gasteiger charge is 2.21. The van der Waals surface area contributed by atoms with E-state index >= 15 is 0 Å². The lowest BCUT2D eigenvalue weighted by atomic mass is 10.0. The number of piperidine rings is 1. The van der Waals surface area contributed by atoms with Crippen molar-refractivity contribution in [3.05, 3.63) is 0 Å². The number of rotatable bonds is 6. The lowest BCUT2D eigenvalue weighted by molar-refractivity contribution is -0.139. The molecule has 0 bridgehead atoms. The fraction of sp³-hybridized carbons (Fsp3) is 0.727. The number of nitrogens with zero attached hydrogens (tertiary/aromatic N) is 1. The number of carbonyl (C=O) groups excluding carboxylic acids is 2. The van der Waals surface area contributed by atoms with Crippen molar-refractivity contribution in [2.45, 2.75) is 31.7 Å². The van der Waals surface area contributed by atoms with Crippen LogP contribution in [0.3, 0.4) is 0 Å². The first-order valence-electron chi connectivity index (χ1n) is 5.99. The van der Waals surface area contributed by atoms with Gasteiger partial charge in [0.25, 0.3) is 0 Å². The van der Waals surface area contributed by atoms with Crippen LogP contribution in [0.25, 0.3) is 0 Å². The number of hydrogen-bond donors (Lipinski definition) is 3. The van der Waals surface area contributed by atoms with Crippen LogP contribution in [0.15, 0.2) is 0 Å². The van der Waals surface area contributed by atoms with E-state index in [9.17, 15) is 14.4 Å². The number of aliphatic carboxylic acids is 1. The van der Waals surface area contributed by atoms with Crippen molar-refractivity contribution >= 4 is 17.8 Å². The Morgan fingerprint density at radius 3 is 2.33 bits per heavy atom. The van der Waals surface area contributed by atoms with E-state index in [2.05, 4.69) is 5.32 Å². The Bertz CT molecular complexity index is 324. The predicted octanol–water partition coefficient (Wildman–Crippen LogP) is -1.08. The first kappa shape index (κ1) is 14.4. The molecule has 7 nitrogen and oxygen atoms in total. The molecule has 1 fully saturated rings. The quantitative estimate of drug-likeness (QED) is 0.560. The standard InChI is InChI=1S/C11H19N3O4/c12-9(15)7-14-5-3-8(4-6-14)13-10(16)1-2-11(17)18/h8H,1-7H2,(H2,12,15)(H,13,16)(H,17,18). The number of hydrogen-bond acceptors (Lipinski definition) is 4. The van der Waals surface area contributed by atoms with Crippen LogP contribution in [-0.4, -0.2) is 53.5 Å². The lowest BCUT2D eigenvalue weighted by Crippen LogP contribution is -2.46. The summed E-state index contributed by atoms with van der Waals surface area (Å²) in [5, 5.41) is 11.3. The van der Waals surface area contributed by atoms with Crippen molar-refractivity contribution in [3.63, 3.8) is 0 Å². The second-order valence-electron chi connectivity index (χ2n) is 4.48. The van der Waals surface area contributed by atoms with Crippen LogP contribution in [0.1, 0.15) is 25.7 Å². The Morgan fingerprint density at radius 1 is 1.22 bits per heavy atom. The summed E-state index contributed by atoms with van der Waals surface area (Å²) in [7, 11) is 0. The van der Waals surface area contributed by atoms with E-state index in [1.807, 2.05) is 4.90 Å². The van der Waals surface area contributed by atoms with Gasteiger partial charge in [-0.05, 0) is 12.8 Å². The smallest absolute Gasteiger partial charge is 0.303 e. The molecule has 4 N–H and O–H groups in total. The molecular formula is C11H19N3O4. The average Bonchev–Trinajstić information content (AvgIpc) is 2.28. The van der Waals surface area contributed by atoms with Gasteiger partial charge in [-0.2, -0.15) is 0 Å². The maximum Gasteiger partial charge on any atom is 0.303 e. The Hall–Kier alpha value is -1.63. The van der Waals surface area contributed by atoms with Crippen LogP contribution in [0.2, 0.25) is 0 Å². The van der Waals surface area contributed by atoms with Gasteiger partial charge in [-0.3, -0.25) is 19.3 Å². The molecule has 0 saturated carbocycles. The Labute approximate surface area is 105 Å². The van der Waals surface area contributed by atoms with Crippen LogP contribution in [0, 0.1) is 0 Å². The highest BCUT2D eigenvalue weighted by molar-refractivity contribution is 5.80. The molecule has 0 atom stereocenters. The third-order valence-electron chi connectivity index (χ3n) is 2.90. The van der Waals surface area contributed by atoms with E-state index in [1.165, 1.54) is 0 Å². The summed E-state index contributed by atoms with van der Waals surface area (Å²) in [4.78, 5) is 34.4. The zero-order valence-electron chi connectivity index (χ0n) is 10.2. The van der Waals surface area contributed by atoms with E-state index in [0.29, 0.717) is 13.1 Å². The first-order chi connectivity index (χ1) is 8.47. The molecule has 102 valence electrons. The molecule has 1 rings (SSSR count). The molecule has 0 aromatic carbocycles. The minimum atomic E-state index is -0.971. The predicted molar refractivity (Wildman–Crippen MR) is 63.7 cm³/mol. The number of nitrogens with one attached hydrogen (secondary N) is 1. The molecule has 18 heavy (non-hydrogen) atoms. The fourth-order valence-electron chi connectivity index (χ4n) is 1.98. The highest BCUT2D eigenvalue weighted by Crippen LogP contribution is 2.10. The van der Waals surface area contributed by atoms with Crippen LogP contribution >= 0.6 is 0 Å². The number of amides is 2. The van der Waals surface area contributed by atoms with Gasteiger partial charge in [-0.25, -0.2) is 0 Å². The van der Waals surface area contributed by atoms with Crippen molar-refractivity contribution in [1.29, 1.82) is 0 Å².